The maximum Gasteiger partial charge on any atom is 0.422 e. The molecule has 2 rings (SSSR count). The lowest BCUT2D eigenvalue weighted by Gasteiger charge is -2.19. The molecular formula is C20H30N4O6S. The van der Waals surface area contributed by atoms with Crippen molar-refractivity contribution in [2.45, 2.75) is 52.1 Å². The molecule has 10 nitrogen and oxygen atoms in total. The molecule has 0 aliphatic carbocycles. The van der Waals surface area contributed by atoms with E-state index in [9.17, 15) is 13.2 Å². The Balaban J connectivity index is 1.83. The quantitative estimate of drug-likeness (QED) is 0.524. The van der Waals surface area contributed by atoms with E-state index in [1.165, 1.54) is 6.33 Å². The summed E-state index contributed by atoms with van der Waals surface area (Å²) in [6.45, 7) is 5.16. The second-order valence-corrected chi connectivity index (χ2v) is 9.36. The zero-order valence-corrected chi connectivity index (χ0v) is 19.3. The number of nitrogens with zero attached hydrogens (tertiary/aromatic N) is 2. The molecule has 0 aliphatic heterocycles. The number of nitrogens with one attached hydrogen (secondary N) is 2. The molecule has 2 N–H and O–H groups in total. The van der Waals surface area contributed by atoms with E-state index in [4.69, 9.17) is 14.2 Å². The fraction of sp³-hybridized carbons (Fsp3) is 0.550. The highest BCUT2D eigenvalue weighted by Gasteiger charge is 2.20. The number of rotatable bonds is 10. The molecular weight excluding hydrogens is 424 g/mol. The second-order valence-electron chi connectivity index (χ2n) is 7.86. The van der Waals surface area contributed by atoms with Crippen molar-refractivity contribution in [3.05, 3.63) is 24.2 Å². The topological polar surface area (TPSA) is 129 Å². The molecule has 0 bridgehead atoms. The molecule has 1 heterocycles. The summed E-state index contributed by atoms with van der Waals surface area (Å²) in [7, 11) is -0.809. The fourth-order valence-corrected chi connectivity index (χ4v) is 3.63. The molecule has 0 spiro atoms. The average molecular weight is 455 g/mol. The molecule has 11 heteroatoms. The Labute approximate surface area is 182 Å². The van der Waals surface area contributed by atoms with Crippen LogP contribution in [0, 0.1) is 0 Å². The minimum Gasteiger partial charge on any atom is -0.493 e. The van der Waals surface area contributed by atoms with Gasteiger partial charge in [0.05, 0.1) is 25.4 Å². The summed E-state index contributed by atoms with van der Waals surface area (Å²) in [6.07, 6.45) is 3.39. The summed E-state index contributed by atoms with van der Waals surface area (Å²) in [4.78, 5) is 20.2. The maximum atomic E-state index is 11.9. The van der Waals surface area contributed by atoms with Crippen molar-refractivity contribution in [2.75, 3.05) is 20.8 Å². The van der Waals surface area contributed by atoms with Crippen molar-refractivity contribution in [1.82, 2.24) is 19.4 Å². The van der Waals surface area contributed by atoms with Gasteiger partial charge in [-0.25, -0.2) is 19.5 Å². The molecule has 1 amide bonds. The van der Waals surface area contributed by atoms with Gasteiger partial charge in [0.2, 0.25) is 0 Å². The van der Waals surface area contributed by atoms with Crippen LogP contribution in [0.5, 0.6) is 11.5 Å². The number of ether oxygens (including phenoxy) is 3. The second kappa shape index (κ2) is 10.6. The van der Waals surface area contributed by atoms with Gasteiger partial charge < -0.3 is 14.2 Å². The van der Waals surface area contributed by atoms with Crippen LogP contribution in [0.15, 0.2) is 18.5 Å². The summed E-state index contributed by atoms with van der Waals surface area (Å²) in [5.74, 6) is 1.21. The van der Waals surface area contributed by atoms with Crippen molar-refractivity contribution in [3.8, 4) is 11.5 Å². The molecule has 1 aromatic carbocycles. The summed E-state index contributed by atoms with van der Waals surface area (Å²) in [5.41, 5.74) is 0.877. The number of aryl methyl sites for hydroxylation is 1. The number of hydrogen-bond donors (Lipinski definition) is 2. The Morgan fingerprint density at radius 3 is 2.35 bits per heavy atom. The number of unbranched alkanes of at least 4 members (excludes halogenated alkanes) is 2. The Hall–Kier alpha value is -2.66. The third-order valence-corrected chi connectivity index (χ3v) is 5.24. The average Bonchev–Trinajstić information content (AvgIpc) is 2.67. The fourth-order valence-electron chi connectivity index (χ4n) is 2.88. The molecule has 0 saturated heterocycles. The van der Waals surface area contributed by atoms with E-state index in [0.29, 0.717) is 24.3 Å². The van der Waals surface area contributed by atoms with Gasteiger partial charge in [-0.1, -0.05) is 6.42 Å². The molecule has 0 atom stereocenters. The van der Waals surface area contributed by atoms with Crippen LogP contribution < -0.4 is 18.9 Å². The predicted octanol–water partition coefficient (Wildman–Crippen LogP) is 2.72. The first-order chi connectivity index (χ1) is 14.5. The van der Waals surface area contributed by atoms with Gasteiger partial charge in [0.25, 0.3) is 0 Å². The van der Waals surface area contributed by atoms with Crippen LogP contribution in [0.1, 0.15) is 45.7 Å². The number of methoxy groups -OCH3 is 2. The highest BCUT2D eigenvalue weighted by molar-refractivity contribution is 7.88. The van der Waals surface area contributed by atoms with Crippen molar-refractivity contribution >= 4 is 27.2 Å². The lowest BCUT2D eigenvalue weighted by atomic mass is 10.1. The first-order valence-corrected chi connectivity index (χ1v) is 11.4. The molecule has 2 aromatic rings. The Morgan fingerprint density at radius 2 is 1.71 bits per heavy atom. The molecule has 0 radical (unpaired) electrons. The van der Waals surface area contributed by atoms with Crippen molar-refractivity contribution < 1.29 is 27.4 Å². The summed E-state index contributed by atoms with van der Waals surface area (Å²) in [5, 5.41) is 0.891. The standard InChI is InChI=1S/C20H30N4O6S/c1-20(2,3)30-19(25)24-31(26,27)23-10-8-6-7-9-15-14-11-17(28-4)18(29-5)12-16(14)22-13-21-15/h11-13,23H,6-10H2,1-5H3,(H,24,25). The normalized spacial score (nSPS) is 11.9. The number of amides is 1. The van der Waals surface area contributed by atoms with E-state index in [0.717, 1.165) is 29.4 Å². The number of aromatic nitrogens is 2. The van der Waals surface area contributed by atoms with Crippen molar-refractivity contribution in [3.63, 3.8) is 0 Å². The predicted molar refractivity (Wildman–Crippen MR) is 116 cm³/mol. The van der Waals surface area contributed by atoms with Gasteiger partial charge >= 0.3 is 16.3 Å². The lowest BCUT2D eigenvalue weighted by Crippen LogP contribution is -2.43. The zero-order valence-electron chi connectivity index (χ0n) is 18.5. The SMILES string of the molecule is COc1cc2ncnc(CCCCCNS(=O)(=O)NC(=O)OC(C)(C)C)c2cc1OC. The highest BCUT2D eigenvalue weighted by atomic mass is 32.2. The largest absolute Gasteiger partial charge is 0.493 e. The van der Waals surface area contributed by atoms with Gasteiger partial charge in [0.1, 0.15) is 11.9 Å². The third-order valence-electron chi connectivity index (χ3n) is 4.22. The molecule has 0 unspecified atom stereocenters. The zero-order chi connectivity index (χ0) is 23.1. The first kappa shape index (κ1) is 24.6. The summed E-state index contributed by atoms with van der Waals surface area (Å²) >= 11 is 0. The Kier molecular flexibility index (Phi) is 8.40. The van der Waals surface area contributed by atoms with Gasteiger partial charge in [-0.05, 0) is 46.1 Å². The third kappa shape index (κ3) is 7.83. The number of carbonyl (C=O) groups is 1. The first-order valence-electron chi connectivity index (χ1n) is 9.90. The molecule has 0 aliphatic rings. The lowest BCUT2D eigenvalue weighted by molar-refractivity contribution is 0.0569. The van der Waals surface area contributed by atoms with E-state index in [1.807, 2.05) is 16.9 Å². The van der Waals surface area contributed by atoms with Crippen LogP contribution in [0.2, 0.25) is 0 Å². The van der Waals surface area contributed by atoms with Crippen LogP contribution in [-0.2, 0) is 21.4 Å². The van der Waals surface area contributed by atoms with E-state index in [1.54, 1.807) is 35.0 Å². The molecule has 31 heavy (non-hydrogen) atoms. The van der Waals surface area contributed by atoms with Crippen molar-refractivity contribution in [2.24, 2.45) is 0 Å². The minimum absolute atomic E-state index is 0.202. The van der Waals surface area contributed by atoms with Gasteiger partial charge in [0, 0.05) is 18.0 Å². The number of carbonyl (C=O) groups excluding carboxylic acids is 1. The highest BCUT2D eigenvalue weighted by Crippen LogP contribution is 2.32. The molecule has 172 valence electrons. The van der Waals surface area contributed by atoms with E-state index in [2.05, 4.69) is 14.7 Å². The van der Waals surface area contributed by atoms with Gasteiger partial charge in [0.15, 0.2) is 11.5 Å². The number of benzene rings is 1. The minimum atomic E-state index is -3.96. The van der Waals surface area contributed by atoms with Crippen LogP contribution >= 0.6 is 0 Å². The van der Waals surface area contributed by atoms with Crippen molar-refractivity contribution in [1.29, 1.82) is 0 Å². The maximum absolute atomic E-state index is 11.9. The van der Waals surface area contributed by atoms with Crippen LogP contribution in [0.25, 0.3) is 10.9 Å². The molecule has 1 aromatic heterocycles. The van der Waals surface area contributed by atoms with Crippen LogP contribution in [0.4, 0.5) is 4.79 Å². The van der Waals surface area contributed by atoms with E-state index >= 15 is 0 Å². The van der Waals surface area contributed by atoms with Gasteiger partial charge in [-0.2, -0.15) is 13.1 Å². The Bertz CT molecular complexity index is 1000. The van der Waals surface area contributed by atoms with E-state index < -0.39 is 21.9 Å². The van der Waals surface area contributed by atoms with Gasteiger partial charge in [-0.3, -0.25) is 0 Å². The number of hydrogen-bond acceptors (Lipinski definition) is 8. The number of fused-ring (bicyclic) bond motifs is 1. The summed E-state index contributed by atoms with van der Waals surface area (Å²) in [6, 6.07) is 3.67. The smallest absolute Gasteiger partial charge is 0.422 e. The summed E-state index contributed by atoms with van der Waals surface area (Å²) < 4.78 is 43.5. The van der Waals surface area contributed by atoms with Gasteiger partial charge in [-0.15, -0.1) is 0 Å². The van der Waals surface area contributed by atoms with E-state index in [-0.39, 0.29) is 6.54 Å². The Morgan fingerprint density at radius 1 is 1.03 bits per heavy atom. The van der Waals surface area contributed by atoms with Crippen LogP contribution in [0.3, 0.4) is 0 Å². The monoisotopic (exact) mass is 454 g/mol. The molecule has 0 fully saturated rings. The van der Waals surface area contributed by atoms with Crippen LogP contribution in [-0.4, -0.2) is 50.8 Å². The molecule has 0 saturated carbocycles.